The Labute approximate surface area is 133 Å². The maximum absolute atomic E-state index is 12.4. The maximum atomic E-state index is 12.4. The molecule has 1 aliphatic carbocycles. The van der Waals surface area contributed by atoms with Crippen LogP contribution in [0, 0.1) is 11.8 Å². The van der Waals surface area contributed by atoms with Crippen LogP contribution in [-0.4, -0.2) is 16.5 Å². The molecule has 1 atom stereocenters. The fourth-order valence-electron chi connectivity index (χ4n) is 2.76. The number of rotatable bonds is 6. The number of hydrogen-bond acceptors (Lipinski definition) is 2. The van der Waals surface area contributed by atoms with Gasteiger partial charge in [0, 0.05) is 17.6 Å². The standard InChI is InChI=1S/C20H24O2/c1-3-5-7-11-15-20(22)18(16-12-9-8-10-13-16)17(19(20)21)14-6-4-2/h8-10,12-13,22H,3-7,14H2,1-2H3. The predicted molar refractivity (Wildman–Crippen MR) is 90.1 cm³/mol. The van der Waals surface area contributed by atoms with Gasteiger partial charge in [0.15, 0.2) is 0 Å². The molecule has 1 unspecified atom stereocenters. The quantitative estimate of drug-likeness (QED) is 0.633. The molecular weight excluding hydrogens is 272 g/mol. The molecule has 1 N–H and O–H groups in total. The van der Waals surface area contributed by atoms with Crippen LogP contribution in [0.3, 0.4) is 0 Å². The summed E-state index contributed by atoms with van der Waals surface area (Å²) in [6, 6.07) is 9.65. The third kappa shape index (κ3) is 3.15. The number of Topliss-reactive ketones (excluding diaryl/α,β-unsaturated/α-hetero) is 1. The van der Waals surface area contributed by atoms with Crippen molar-refractivity contribution in [2.45, 2.75) is 58.0 Å². The number of benzene rings is 1. The Morgan fingerprint density at radius 1 is 1.09 bits per heavy atom. The molecule has 0 saturated heterocycles. The normalized spacial score (nSPS) is 20.4. The summed E-state index contributed by atoms with van der Waals surface area (Å²) in [4.78, 5) is 12.4. The molecule has 0 bridgehead atoms. The highest BCUT2D eigenvalue weighted by Crippen LogP contribution is 2.44. The Morgan fingerprint density at radius 2 is 1.77 bits per heavy atom. The highest BCUT2D eigenvalue weighted by Gasteiger charge is 2.51. The molecule has 0 amide bonds. The van der Waals surface area contributed by atoms with Gasteiger partial charge in [0.2, 0.25) is 11.4 Å². The van der Waals surface area contributed by atoms with E-state index in [4.69, 9.17) is 0 Å². The first-order valence-electron chi connectivity index (χ1n) is 8.21. The van der Waals surface area contributed by atoms with Gasteiger partial charge >= 0.3 is 0 Å². The molecule has 2 heteroatoms. The summed E-state index contributed by atoms with van der Waals surface area (Å²) in [7, 11) is 0. The first kappa shape index (κ1) is 16.5. The number of carbonyl (C=O) groups is 1. The van der Waals surface area contributed by atoms with Gasteiger partial charge < -0.3 is 5.11 Å². The third-order valence-electron chi connectivity index (χ3n) is 4.03. The van der Waals surface area contributed by atoms with Crippen LogP contribution in [0.25, 0.3) is 5.57 Å². The summed E-state index contributed by atoms with van der Waals surface area (Å²) in [6.07, 6.45) is 5.47. The lowest BCUT2D eigenvalue weighted by atomic mass is 9.68. The molecule has 0 radical (unpaired) electrons. The number of carbonyl (C=O) groups excluding carboxylic acids is 1. The average Bonchev–Trinajstić information content (AvgIpc) is 2.55. The fourth-order valence-corrected chi connectivity index (χ4v) is 2.76. The highest BCUT2D eigenvalue weighted by molar-refractivity contribution is 6.26. The van der Waals surface area contributed by atoms with E-state index in [0.717, 1.165) is 55.2 Å². The molecule has 2 nitrogen and oxygen atoms in total. The van der Waals surface area contributed by atoms with Crippen molar-refractivity contribution in [3.63, 3.8) is 0 Å². The Morgan fingerprint density at radius 3 is 2.41 bits per heavy atom. The zero-order chi connectivity index (χ0) is 16.0. The molecular formula is C20H24O2. The van der Waals surface area contributed by atoms with Crippen molar-refractivity contribution in [3.05, 3.63) is 41.5 Å². The molecule has 0 spiro atoms. The fraction of sp³-hybridized carbons (Fsp3) is 0.450. The van der Waals surface area contributed by atoms with E-state index in [1.54, 1.807) is 0 Å². The smallest absolute Gasteiger partial charge is 0.215 e. The van der Waals surface area contributed by atoms with Gasteiger partial charge in [0.1, 0.15) is 0 Å². The minimum absolute atomic E-state index is 0.205. The van der Waals surface area contributed by atoms with E-state index >= 15 is 0 Å². The number of unbranched alkanes of at least 4 members (excludes halogenated alkanes) is 3. The van der Waals surface area contributed by atoms with Crippen molar-refractivity contribution in [1.82, 2.24) is 0 Å². The van der Waals surface area contributed by atoms with Gasteiger partial charge in [-0.1, -0.05) is 68.9 Å². The molecule has 0 aromatic heterocycles. The van der Waals surface area contributed by atoms with Crippen LogP contribution in [0.15, 0.2) is 35.9 Å². The molecule has 0 fully saturated rings. The first-order valence-corrected chi connectivity index (χ1v) is 8.21. The summed E-state index contributed by atoms with van der Waals surface area (Å²) in [5.74, 6) is 5.61. The van der Waals surface area contributed by atoms with Crippen LogP contribution in [0.5, 0.6) is 0 Å². The van der Waals surface area contributed by atoms with Gasteiger partial charge in [0.05, 0.1) is 0 Å². The molecule has 0 aliphatic heterocycles. The van der Waals surface area contributed by atoms with Crippen molar-refractivity contribution >= 4 is 11.4 Å². The van der Waals surface area contributed by atoms with Crippen LogP contribution in [0.2, 0.25) is 0 Å². The van der Waals surface area contributed by atoms with Crippen LogP contribution in [0.4, 0.5) is 0 Å². The van der Waals surface area contributed by atoms with Crippen molar-refractivity contribution in [1.29, 1.82) is 0 Å². The van der Waals surface area contributed by atoms with E-state index in [9.17, 15) is 9.90 Å². The monoisotopic (exact) mass is 296 g/mol. The molecule has 2 rings (SSSR count). The Bertz CT molecular complexity index is 616. The van der Waals surface area contributed by atoms with E-state index in [-0.39, 0.29) is 5.78 Å². The summed E-state index contributed by atoms with van der Waals surface area (Å²) in [5.41, 5.74) is 0.773. The predicted octanol–water partition coefficient (Wildman–Crippen LogP) is 4.14. The maximum Gasteiger partial charge on any atom is 0.215 e. The lowest BCUT2D eigenvalue weighted by molar-refractivity contribution is -0.127. The first-order chi connectivity index (χ1) is 10.6. The minimum atomic E-state index is -1.60. The molecule has 116 valence electrons. The second-order valence-electron chi connectivity index (χ2n) is 5.77. The lowest BCUT2D eigenvalue weighted by Crippen LogP contribution is -2.49. The molecule has 1 aromatic rings. The van der Waals surface area contributed by atoms with Crippen molar-refractivity contribution in [3.8, 4) is 11.8 Å². The number of aliphatic hydroxyl groups is 1. The van der Waals surface area contributed by atoms with Crippen molar-refractivity contribution < 1.29 is 9.90 Å². The Balaban J connectivity index is 2.35. The summed E-state index contributed by atoms with van der Waals surface area (Å²) < 4.78 is 0. The summed E-state index contributed by atoms with van der Waals surface area (Å²) >= 11 is 0. The Kier molecular flexibility index (Phi) is 5.57. The Hall–Kier alpha value is -1.85. The van der Waals surface area contributed by atoms with Crippen LogP contribution in [0.1, 0.15) is 57.9 Å². The second-order valence-corrected chi connectivity index (χ2v) is 5.77. The van der Waals surface area contributed by atoms with Gasteiger partial charge in [0.25, 0.3) is 0 Å². The van der Waals surface area contributed by atoms with E-state index in [0.29, 0.717) is 0 Å². The molecule has 0 saturated carbocycles. The topological polar surface area (TPSA) is 37.3 Å². The minimum Gasteiger partial charge on any atom is -0.367 e. The van der Waals surface area contributed by atoms with Gasteiger partial charge in [-0.15, -0.1) is 0 Å². The average molecular weight is 296 g/mol. The van der Waals surface area contributed by atoms with Gasteiger partial charge in [-0.2, -0.15) is 0 Å². The SMILES string of the molecule is CCCCC#CC1(O)C(=O)C(CCCC)=C1c1ccccc1. The molecule has 22 heavy (non-hydrogen) atoms. The summed E-state index contributed by atoms with van der Waals surface area (Å²) in [6.45, 7) is 4.20. The molecule has 1 aromatic carbocycles. The van der Waals surface area contributed by atoms with Crippen LogP contribution < -0.4 is 0 Å². The number of hydrogen-bond donors (Lipinski definition) is 1. The van der Waals surface area contributed by atoms with Gasteiger partial charge in [-0.05, 0) is 24.8 Å². The van der Waals surface area contributed by atoms with E-state index in [1.807, 2.05) is 30.3 Å². The number of ketones is 1. The van der Waals surface area contributed by atoms with E-state index < -0.39 is 5.60 Å². The largest absolute Gasteiger partial charge is 0.367 e. The van der Waals surface area contributed by atoms with Gasteiger partial charge in [-0.25, -0.2) is 0 Å². The van der Waals surface area contributed by atoms with E-state index in [1.165, 1.54) is 0 Å². The highest BCUT2D eigenvalue weighted by atomic mass is 16.3. The second kappa shape index (κ2) is 7.42. The van der Waals surface area contributed by atoms with E-state index in [2.05, 4.69) is 25.7 Å². The summed E-state index contributed by atoms with van der Waals surface area (Å²) in [5, 5.41) is 10.8. The van der Waals surface area contributed by atoms with Crippen molar-refractivity contribution in [2.75, 3.05) is 0 Å². The van der Waals surface area contributed by atoms with Crippen molar-refractivity contribution in [2.24, 2.45) is 0 Å². The van der Waals surface area contributed by atoms with Crippen LogP contribution in [-0.2, 0) is 4.79 Å². The van der Waals surface area contributed by atoms with Gasteiger partial charge in [-0.3, -0.25) is 4.79 Å². The zero-order valence-electron chi connectivity index (χ0n) is 13.5. The molecule has 1 aliphatic rings. The van der Waals surface area contributed by atoms with Crippen LogP contribution >= 0.6 is 0 Å². The lowest BCUT2D eigenvalue weighted by Gasteiger charge is -2.36. The third-order valence-corrected chi connectivity index (χ3v) is 4.03. The zero-order valence-corrected chi connectivity index (χ0v) is 13.5. The molecule has 0 heterocycles.